The molecule has 0 fully saturated rings. The van der Waals surface area contributed by atoms with E-state index in [1.54, 1.807) is 18.7 Å². The Morgan fingerprint density at radius 1 is 0.950 bits per heavy atom. The van der Waals surface area contributed by atoms with Gasteiger partial charge in [0.05, 0.1) is 17.9 Å². The molecule has 104 valence electrons. The van der Waals surface area contributed by atoms with Gasteiger partial charge in [-0.3, -0.25) is 4.79 Å². The Balaban J connectivity index is 0.000000704. The van der Waals surface area contributed by atoms with Crippen LogP contribution in [0.3, 0.4) is 0 Å². The lowest BCUT2D eigenvalue weighted by Crippen LogP contribution is -2.26. The normalized spacial score (nSPS) is 11.8. The van der Waals surface area contributed by atoms with Crippen molar-refractivity contribution >= 4 is 28.9 Å². The fourth-order valence-corrected chi connectivity index (χ4v) is 3.27. The molecule has 0 aromatic heterocycles. The summed E-state index contributed by atoms with van der Waals surface area (Å²) in [5.41, 5.74) is 2.24. The van der Waals surface area contributed by atoms with Crippen LogP contribution in [0.4, 0.5) is 11.4 Å². The highest BCUT2D eigenvalue weighted by Gasteiger charge is 2.23. The molecule has 0 amide bonds. The molecule has 0 spiro atoms. The second-order valence-electron chi connectivity index (χ2n) is 4.33. The zero-order valence-electron chi connectivity index (χ0n) is 12.1. The van der Waals surface area contributed by atoms with Crippen molar-refractivity contribution in [2.45, 2.75) is 30.6 Å². The summed E-state index contributed by atoms with van der Waals surface area (Å²) in [5.74, 6) is 0.173. The van der Waals surface area contributed by atoms with Gasteiger partial charge in [0, 0.05) is 9.79 Å². The van der Waals surface area contributed by atoms with Crippen molar-refractivity contribution in [2.75, 3.05) is 11.4 Å². The second-order valence-corrected chi connectivity index (χ2v) is 5.41. The van der Waals surface area contributed by atoms with E-state index in [1.807, 2.05) is 38.1 Å². The SMILES string of the molecule is CC.CC(=O)CN1c2ccccc2Sc2ccccc21. The van der Waals surface area contributed by atoms with Gasteiger partial charge in [0.2, 0.25) is 0 Å². The molecule has 2 aromatic carbocycles. The van der Waals surface area contributed by atoms with Gasteiger partial charge in [-0.05, 0) is 31.2 Å². The number of anilines is 2. The number of fused-ring (bicyclic) bond motifs is 2. The fraction of sp³-hybridized carbons (Fsp3) is 0.235. The summed E-state index contributed by atoms with van der Waals surface area (Å²) in [7, 11) is 0. The minimum atomic E-state index is 0.173. The van der Waals surface area contributed by atoms with Crippen molar-refractivity contribution in [2.24, 2.45) is 0 Å². The van der Waals surface area contributed by atoms with Crippen molar-refractivity contribution < 1.29 is 4.79 Å². The summed E-state index contributed by atoms with van der Waals surface area (Å²) in [6.07, 6.45) is 0. The molecule has 1 heterocycles. The summed E-state index contributed by atoms with van der Waals surface area (Å²) in [6, 6.07) is 16.4. The number of nitrogens with zero attached hydrogens (tertiary/aromatic N) is 1. The molecule has 1 aliphatic rings. The van der Waals surface area contributed by atoms with E-state index in [0.717, 1.165) is 11.4 Å². The molecule has 2 nitrogen and oxygen atoms in total. The number of carbonyl (C=O) groups is 1. The summed E-state index contributed by atoms with van der Waals surface area (Å²) < 4.78 is 0. The van der Waals surface area contributed by atoms with Gasteiger partial charge in [0.15, 0.2) is 0 Å². The van der Waals surface area contributed by atoms with Gasteiger partial charge in [0.1, 0.15) is 5.78 Å². The van der Waals surface area contributed by atoms with Crippen molar-refractivity contribution in [1.29, 1.82) is 0 Å². The predicted octanol–water partition coefficient (Wildman–Crippen LogP) is 4.90. The fourth-order valence-electron chi connectivity index (χ4n) is 2.17. The zero-order chi connectivity index (χ0) is 14.5. The van der Waals surface area contributed by atoms with Gasteiger partial charge < -0.3 is 4.90 Å². The highest BCUT2D eigenvalue weighted by molar-refractivity contribution is 7.99. The number of hydrogen-bond donors (Lipinski definition) is 0. The van der Waals surface area contributed by atoms with Gasteiger partial charge in [-0.2, -0.15) is 0 Å². The van der Waals surface area contributed by atoms with Crippen LogP contribution in [0, 0.1) is 0 Å². The first kappa shape index (κ1) is 14.7. The average molecular weight is 285 g/mol. The van der Waals surface area contributed by atoms with Gasteiger partial charge in [-0.25, -0.2) is 0 Å². The highest BCUT2D eigenvalue weighted by Crippen LogP contribution is 2.47. The molecule has 0 N–H and O–H groups in total. The molecular weight excluding hydrogens is 266 g/mol. The predicted molar refractivity (Wildman–Crippen MR) is 86.0 cm³/mol. The number of hydrogen-bond acceptors (Lipinski definition) is 3. The number of ketones is 1. The minimum absolute atomic E-state index is 0.173. The van der Waals surface area contributed by atoms with E-state index >= 15 is 0 Å². The summed E-state index contributed by atoms with van der Waals surface area (Å²) >= 11 is 1.76. The van der Waals surface area contributed by atoms with Gasteiger partial charge in [-0.15, -0.1) is 0 Å². The van der Waals surface area contributed by atoms with Crippen molar-refractivity contribution in [3.8, 4) is 0 Å². The monoisotopic (exact) mass is 285 g/mol. The standard InChI is InChI=1S/C15H13NOS.C2H6/c1-11(17)10-16-12-6-2-4-8-14(12)18-15-9-5-3-7-13(15)16;1-2/h2-9H,10H2,1H3;1-2H3. The Morgan fingerprint density at radius 2 is 1.40 bits per heavy atom. The molecule has 0 radical (unpaired) electrons. The third-order valence-corrected chi connectivity index (χ3v) is 4.04. The van der Waals surface area contributed by atoms with Crippen LogP contribution in [0.5, 0.6) is 0 Å². The van der Waals surface area contributed by atoms with E-state index in [-0.39, 0.29) is 5.78 Å². The van der Waals surface area contributed by atoms with Gasteiger partial charge in [0.25, 0.3) is 0 Å². The summed E-state index contributed by atoms with van der Waals surface area (Å²) in [4.78, 5) is 16.0. The van der Waals surface area contributed by atoms with Crippen LogP contribution in [0.2, 0.25) is 0 Å². The molecule has 2 aromatic rings. The molecule has 0 aliphatic carbocycles. The molecule has 1 aliphatic heterocycles. The number of para-hydroxylation sites is 2. The number of benzene rings is 2. The topological polar surface area (TPSA) is 20.3 Å². The molecule has 3 heteroatoms. The molecule has 20 heavy (non-hydrogen) atoms. The van der Waals surface area contributed by atoms with Crippen LogP contribution in [-0.4, -0.2) is 12.3 Å². The maximum atomic E-state index is 11.5. The molecule has 3 rings (SSSR count). The van der Waals surface area contributed by atoms with Gasteiger partial charge >= 0.3 is 0 Å². The van der Waals surface area contributed by atoms with Crippen LogP contribution in [0.1, 0.15) is 20.8 Å². The van der Waals surface area contributed by atoms with Crippen LogP contribution in [-0.2, 0) is 4.79 Å². The molecule has 0 saturated carbocycles. The van der Waals surface area contributed by atoms with E-state index in [9.17, 15) is 4.79 Å². The number of Topliss-reactive ketones (excluding diaryl/α,β-unsaturated/α-hetero) is 1. The molecule has 0 bridgehead atoms. The molecule has 0 saturated heterocycles. The van der Waals surface area contributed by atoms with Crippen molar-refractivity contribution in [3.05, 3.63) is 48.5 Å². The van der Waals surface area contributed by atoms with Crippen LogP contribution < -0.4 is 4.90 Å². The molecule has 0 atom stereocenters. The Morgan fingerprint density at radius 3 is 1.85 bits per heavy atom. The lowest BCUT2D eigenvalue weighted by atomic mass is 10.2. The van der Waals surface area contributed by atoms with Crippen molar-refractivity contribution in [3.63, 3.8) is 0 Å². The minimum Gasteiger partial charge on any atom is -0.332 e. The van der Waals surface area contributed by atoms with E-state index in [2.05, 4.69) is 29.2 Å². The smallest absolute Gasteiger partial charge is 0.149 e. The first-order chi connectivity index (χ1) is 9.75. The largest absolute Gasteiger partial charge is 0.332 e. The first-order valence-electron chi connectivity index (χ1n) is 6.88. The Kier molecular flexibility index (Phi) is 4.85. The second kappa shape index (κ2) is 6.62. The lowest BCUT2D eigenvalue weighted by Gasteiger charge is -2.31. The quantitative estimate of drug-likeness (QED) is 0.782. The van der Waals surface area contributed by atoms with E-state index in [4.69, 9.17) is 0 Å². The maximum Gasteiger partial charge on any atom is 0.149 e. The number of rotatable bonds is 2. The van der Waals surface area contributed by atoms with Crippen LogP contribution >= 0.6 is 11.8 Å². The molecular formula is C17H19NOS. The van der Waals surface area contributed by atoms with E-state index in [0.29, 0.717) is 6.54 Å². The first-order valence-corrected chi connectivity index (χ1v) is 7.70. The third kappa shape index (κ3) is 2.88. The highest BCUT2D eigenvalue weighted by atomic mass is 32.2. The van der Waals surface area contributed by atoms with Crippen molar-refractivity contribution in [1.82, 2.24) is 0 Å². The van der Waals surface area contributed by atoms with Crippen LogP contribution in [0.25, 0.3) is 0 Å². The zero-order valence-corrected chi connectivity index (χ0v) is 12.9. The Bertz CT molecular complexity index is 564. The van der Waals surface area contributed by atoms with Crippen LogP contribution in [0.15, 0.2) is 58.3 Å². The third-order valence-electron chi connectivity index (χ3n) is 2.91. The van der Waals surface area contributed by atoms with Gasteiger partial charge in [-0.1, -0.05) is 49.9 Å². The average Bonchev–Trinajstić information content (AvgIpc) is 2.49. The number of carbonyl (C=O) groups excluding carboxylic acids is 1. The van der Waals surface area contributed by atoms with E-state index in [1.165, 1.54) is 9.79 Å². The summed E-state index contributed by atoms with van der Waals surface area (Å²) in [6.45, 7) is 6.06. The van der Waals surface area contributed by atoms with E-state index < -0.39 is 0 Å². The summed E-state index contributed by atoms with van der Waals surface area (Å²) in [5, 5.41) is 0. The lowest BCUT2D eigenvalue weighted by molar-refractivity contribution is -0.115. The Hall–Kier alpha value is -1.74. The Labute approximate surface area is 124 Å². The maximum absolute atomic E-state index is 11.5. The molecule has 0 unspecified atom stereocenters.